The minimum Gasteiger partial charge on any atom is -0.496 e. The SMILES string of the molecule is COc1cc(OC)c(C/C=C/N2CCOC2=O)c(OC)c1. The van der Waals surface area contributed by atoms with Gasteiger partial charge in [-0.2, -0.15) is 0 Å². The fourth-order valence-corrected chi connectivity index (χ4v) is 2.12. The van der Waals surface area contributed by atoms with Crippen LogP contribution in [0.4, 0.5) is 4.79 Å². The van der Waals surface area contributed by atoms with Crippen LogP contribution in [-0.4, -0.2) is 45.5 Å². The number of carbonyl (C=O) groups is 1. The van der Waals surface area contributed by atoms with Gasteiger partial charge in [0.25, 0.3) is 0 Å². The minimum atomic E-state index is -0.320. The third-order valence-corrected chi connectivity index (χ3v) is 3.22. The van der Waals surface area contributed by atoms with E-state index in [4.69, 9.17) is 18.9 Å². The zero-order chi connectivity index (χ0) is 15.2. The first kappa shape index (κ1) is 15.0. The lowest BCUT2D eigenvalue weighted by Gasteiger charge is -2.14. The third-order valence-electron chi connectivity index (χ3n) is 3.22. The van der Waals surface area contributed by atoms with Crippen molar-refractivity contribution in [1.82, 2.24) is 4.90 Å². The lowest BCUT2D eigenvalue weighted by Crippen LogP contribution is -2.16. The maximum absolute atomic E-state index is 11.3. The Kier molecular flexibility index (Phi) is 4.92. The van der Waals surface area contributed by atoms with Crippen molar-refractivity contribution in [2.75, 3.05) is 34.5 Å². The number of benzene rings is 1. The summed E-state index contributed by atoms with van der Waals surface area (Å²) in [4.78, 5) is 12.9. The van der Waals surface area contributed by atoms with Crippen LogP contribution >= 0.6 is 0 Å². The number of carbonyl (C=O) groups excluding carboxylic acids is 1. The standard InChI is InChI=1S/C15H19NO5/c1-18-11-9-13(19-2)12(14(10-11)20-3)5-4-6-16-7-8-21-15(16)17/h4,6,9-10H,5,7-8H2,1-3H3/b6-4+. The second kappa shape index (κ2) is 6.88. The normalized spacial score (nSPS) is 14.4. The molecule has 0 N–H and O–H groups in total. The van der Waals surface area contributed by atoms with E-state index >= 15 is 0 Å². The molecule has 1 fully saturated rings. The van der Waals surface area contributed by atoms with E-state index in [2.05, 4.69) is 0 Å². The van der Waals surface area contributed by atoms with E-state index in [9.17, 15) is 4.79 Å². The van der Waals surface area contributed by atoms with Crippen LogP contribution in [0.5, 0.6) is 17.2 Å². The van der Waals surface area contributed by atoms with Gasteiger partial charge < -0.3 is 18.9 Å². The first-order chi connectivity index (χ1) is 10.2. The molecule has 1 aromatic rings. The van der Waals surface area contributed by atoms with Gasteiger partial charge in [-0.05, 0) is 6.42 Å². The number of hydrogen-bond donors (Lipinski definition) is 0. The fraction of sp³-hybridized carbons (Fsp3) is 0.400. The van der Waals surface area contributed by atoms with Crippen LogP contribution in [0.3, 0.4) is 0 Å². The molecule has 0 spiro atoms. The van der Waals surface area contributed by atoms with E-state index < -0.39 is 0 Å². The maximum Gasteiger partial charge on any atom is 0.413 e. The van der Waals surface area contributed by atoms with Crippen molar-refractivity contribution in [3.63, 3.8) is 0 Å². The van der Waals surface area contributed by atoms with Gasteiger partial charge in [0.2, 0.25) is 0 Å². The van der Waals surface area contributed by atoms with Gasteiger partial charge in [-0.25, -0.2) is 4.79 Å². The molecule has 114 valence electrons. The molecule has 1 saturated heterocycles. The van der Waals surface area contributed by atoms with Crippen LogP contribution < -0.4 is 14.2 Å². The Hall–Kier alpha value is -2.37. The summed E-state index contributed by atoms with van der Waals surface area (Å²) in [5.41, 5.74) is 0.893. The van der Waals surface area contributed by atoms with Gasteiger partial charge in [0.05, 0.1) is 27.9 Å². The Morgan fingerprint density at radius 3 is 2.33 bits per heavy atom. The Balaban J connectivity index is 2.18. The molecule has 0 atom stereocenters. The van der Waals surface area contributed by atoms with Crippen molar-refractivity contribution >= 4 is 6.09 Å². The molecule has 2 rings (SSSR count). The zero-order valence-electron chi connectivity index (χ0n) is 12.4. The van der Waals surface area contributed by atoms with Crippen LogP contribution in [0, 0.1) is 0 Å². The smallest absolute Gasteiger partial charge is 0.413 e. The summed E-state index contributed by atoms with van der Waals surface area (Å²) >= 11 is 0. The summed E-state index contributed by atoms with van der Waals surface area (Å²) < 4.78 is 20.8. The van der Waals surface area contributed by atoms with E-state index in [1.807, 2.05) is 6.08 Å². The maximum atomic E-state index is 11.3. The molecule has 0 radical (unpaired) electrons. The molecule has 1 aliphatic rings. The highest BCUT2D eigenvalue weighted by atomic mass is 16.6. The number of ether oxygens (including phenoxy) is 4. The van der Waals surface area contributed by atoms with E-state index in [0.717, 1.165) is 5.56 Å². The number of nitrogens with zero attached hydrogens (tertiary/aromatic N) is 1. The van der Waals surface area contributed by atoms with E-state index in [1.165, 1.54) is 4.90 Å². The first-order valence-corrected chi connectivity index (χ1v) is 6.58. The average Bonchev–Trinajstić information content (AvgIpc) is 2.92. The first-order valence-electron chi connectivity index (χ1n) is 6.58. The number of amides is 1. The minimum absolute atomic E-state index is 0.320. The van der Waals surface area contributed by atoms with Crippen LogP contribution in [0.2, 0.25) is 0 Å². The molecule has 1 aliphatic heterocycles. The van der Waals surface area contributed by atoms with E-state index in [-0.39, 0.29) is 6.09 Å². The summed E-state index contributed by atoms with van der Waals surface area (Å²) in [6.45, 7) is 1.00. The number of cyclic esters (lactones) is 1. The summed E-state index contributed by atoms with van der Waals surface area (Å²) in [7, 11) is 4.78. The second-order valence-electron chi connectivity index (χ2n) is 4.41. The molecule has 21 heavy (non-hydrogen) atoms. The summed E-state index contributed by atoms with van der Waals surface area (Å²) in [6.07, 6.45) is 3.85. The largest absolute Gasteiger partial charge is 0.496 e. The van der Waals surface area contributed by atoms with Gasteiger partial charge in [0.1, 0.15) is 23.9 Å². The van der Waals surface area contributed by atoms with Crippen LogP contribution in [0.1, 0.15) is 5.56 Å². The highest BCUT2D eigenvalue weighted by Crippen LogP contribution is 2.34. The summed E-state index contributed by atoms with van der Waals surface area (Å²) in [6, 6.07) is 3.60. The topological polar surface area (TPSA) is 57.2 Å². The summed E-state index contributed by atoms with van der Waals surface area (Å²) in [5.74, 6) is 2.03. The van der Waals surface area contributed by atoms with E-state index in [0.29, 0.717) is 36.8 Å². The zero-order valence-corrected chi connectivity index (χ0v) is 12.4. The molecule has 1 heterocycles. The van der Waals surface area contributed by atoms with Gasteiger partial charge in [0, 0.05) is 23.9 Å². The lowest BCUT2D eigenvalue weighted by molar-refractivity contribution is 0.166. The molecule has 0 saturated carbocycles. The third kappa shape index (κ3) is 3.39. The monoisotopic (exact) mass is 293 g/mol. The van der Waals surface area contributed by atoms with Gasteiger partial charge in [-0.15, -0.1) is 0 Å². The van der Waals surface area contributed by atoms with Crippen molar-refractivity contribution in [1.29, 1.82) is 0 Å². The van der Waals surface area contributed by atoms with Crippen LogP contribution in [0.25, 0.3) is 0 Å². The van der Waals surface area contributed by atoms with Crippen molar-refractivity contribution in [3.05, 3.63) is 30.0 Å². The molecule has 0 aliphatic carbocycles. The number of methoxy groups -OCH3 is 3. The molecule has 6 heteroatoms. The van der Waals surface area contributed by atoms with Crippen molar-refractivity contribution in [2.45, 2.75) is 6.42 Å². The molecule has 6 nitrogen and oxygen atoms in total. The van der Waals surface area contributed by atoms with Crippen molar-refractivity contribution in [2.24, 2.45) is 0 Å². The van der Waals surface area contributed by atoms with Gasteiger partial charge >= 0.3 is 6.09 Å². The molecule has 0 aromatic heterocycles. The average molecular weight is 293 g/mol. The Labute approximate surface area is 123 Å². The fourth-order valence-electron chi connectivity index (χ4n) is 2.12. The number of hydrogen-bond acceptors (Lipinski definition) is 5. The predicted octanol–water partition coefficient (Wildman–Crippen LogP) is 2.22. The highest BCUT2D eigenvalue weighted by molar-refractivity contribution is 5.70. The van der Waals surface area contributed by atoms with Crippen molar-refractivity contribution < 1.29 is 23.7 Å². The quantitative estimate of drug-likeness (QED) is 0.805. The van der Waals surface area contributed by atoms with Crippen molar-refractivity contribution in [3.8, 4) is 17.2 Å². The predicted molar refractivity (Wildman–Crippen MR) is 77.0 cm³/mol. The molecular formula is C15H19NO5. The Morgan fingerprint density at radius 1 is 1.19 bits per heavy atom. The molecule has 1 amide bonds. The molecular weight excluding hydrogens is 274 g/mol. The van der Waals surface area contributed by atoms with Crippen LogP contribution in [0.15, 0.2) is 24.4 Å². The highest BCUT2D eigenvalue weighted by Gasteiger charge is 2.19. The Morgan fingerprint density at radius 2 is 1.86 bits per heavy atom. The van der Waals surface area contributed by atoms with Gasteiger partial charge in [0.15, 0.2) is 0 Å². The molecule has 1 aromatic carbocycles. The number of rotatable bonds is 6. The molecule has 0 bridgehead atoms. The summed E-state index contributed by atoms with van der Waals surface area (Å²) in [5, 5.41) is 0. The van der Waals surface area contributed by atoms with Crippen LogP contribution in [-0.2, 0) is 11.2 Å². The van der Waals surface area contributed by atoms with Gasteiger partial charge in [-0.3, -0.25) is 4.90 Å². The molecule has 0 unspecified atom stereocenters. The second-order valence-corrected chi connectivity index (χ2v) is 4.41. The number of allylic oxidation sites excluding steroid dienone is 1. The van der Waals surface area contributed by atoms with E-state index in [1.54, 1.807) is 39.7 Å². The lowest BCUT2D eigenvalue weighted by atomic mass is 10.1. The van der Waals surface area contributed by atoms with Gasteiger partial charge in [-0.1, -0.05) is 6.08 Å². The Bertz CT molecular complexity index is 516.